The third-order valence-electron chi connectivity index (χ3n) is 15.5. The maximum Gasteiger partial charge on any atom is 0.407 e. The number of fused-ring (bicyclic) bond motifs is 7. The van der Waals surface area contributed by atoms with Crippen molar-refractivity contribution >= 4 is 24.1 Å². The zero-order valence-electron chi connectivity index (χ0n) is 32.2. The molecule has 5 saturated carbocycles. The van der Waals surface area contributed by atoms with Crippen molar-refractivity contribution in [3.05, 3.63) is 11.1 Å². The molecule has 0 radical (unpaired) electrons. The summed E-state index contributed by atoms with van der Waals surface area (Å²) in [7, 11) is 0. The number of ketones is 1. The van der Waals surface area contributed by atoms with E-state index in [2.05, 4.69) is 46.9 Å². The second kappa shape index (κ2) is 12.5. The highest BCUT2D eigenvalue weighted by Gasteiger charge is 2.66. The summed E-state index contributed by atoms with van der Waals surface area (Å²) in [5, 5.41) is 3.02. The van der Waals surface area contributed by atoms with E-state index < -0.39 is 5.60 Å². The van der Waals surface area contributed by atoms with Crippen LogP contribution in [0, 0.1) is 69.0 Å². The summed E-state index contributed by atoms with van der Waals surface area (Å²) in [5.74, 6) is 2.39. The Bertz CT molecular complexity index is 1390. The average Bonchev–Trinajstić information content (AvgIpc) is 3.29. The van der Waals surface area contributed by atoms with Gasteiger partial charge in [-0.2, -0.15) is 0 Å². The number of allylic oxidation sites excluding steroid dienone is 2. The van der Waals surface area contributed by atoms with Crippen molar-refractivity contribution in [1.29, 1.82) is 0 Å². The Morgan fingerprint density at radius 2 is 1.65 bits per heavy atom. The number of amides is 1. The van der Waals surface area contributed by atoms with Gasteiger partial charge in [-0.1, -0.05) is 54.0 Å². The molecule has 11 unspecified atom stereocenters. The van der Waals surface area contributed by atoms with Gasteiger partial charge in [-0.15, -0.1) is 0 Å². The Labute approximate surface area is 295 Å². The molecular weight excluding hydrogens is 614 g/mol. The van der Waals surface area contributed by atoms with Gasteiger partial charge in [0.2, 0.25) is 0 Å². The molecule has 0 aromatic rings. The third-order valence-corrected chi connectivity index (χ3v) is 15.5. The number of hydrogen-bond donors (Lipinski definition) is 1. The molecule has 11 atom stereocenters. The van der Waals surface area contributed by atoms with Gasteiger partial charge in [0.05, 0.1) is 5.92 Å². The maximum absolute atomic E-state index is 13.8. The lowest BCUT2D eigenvalue weighted by molar-refractivity contribution is -0.217. The Kier molecular flexibility index (Phi) is 9.34. The molecule has 0 aromatic carbocycles. The lowest BCUT2D eigenvalue weighted by Gasteiger charge is -2.69. The molecule has 0 aliphatic heterocycles. The van der Waals surface area contributed by atoms with Gasteiger partial charge in [-0.3, -0.25) is 9.59 Å². The molecule has 0 bridgehead atoms. The minimum atomic E-state index is -0.543. The third kappa shape index (κ3) is 5.93. The van der Waals surface area contributed by atoms with Crippen LogP contribution in [0.1, 0.15) is 140 Å². The van der Waals surface area contributed by atoms with E-state index in [4.69, 9.17) is 9.47 Å². The van der Waals surface area contributed by atoms with E-state index in [1.54, 1.807) is 0 Å². The summed E-state index contributed by atoms with van der Waals surface area (Å²) in [6.07, 6.45) is 11.3. The number of carbonyl (C=O) groups is 4. The molecular formula is C42H65NO6. The number of aldehydes is 1. The fraction of sp³-hybridized carbons (Fsp3) is 0.857. The number of alkyl carbamates (subject to hydrolysis) is 1. The van der Waals surface area contributed by atoms with Crippen molar-refractivity contribution in [2.45, 2.75) is 152 Å². The van der Waals surface area contributed by atoms with Crippen LogP contribution < -0.4 is 5.32 Å². The second-order valence-electron chi connectivity index (χ2n) is 19.8. The van der Waals surface area contributed by atoms with Gasteiger partial charge in [0.1, 0.15) is 18.0 Å². The maximum atomic E-state index is 13.8. The summed E-state index contributed by atoms with van der Waals surface area (Å²) in [6, 6.07) is 0. The van der Waals surface area contributed by atoms with E-state index in [9.17, 15) is 19.2 Å². The number of Topliss-reactive ketones (excluding diaryl/α,β-unsaturated/α-hetero) is 1. The molecule has 49 heavy (non-hydrogen) atoms. The van der Waals surface area contributed by atoms with Crippen molar-refractivity contribution in [2.24, 2.45) is 69.0 Å². The van der Waals surface area contributed by atoms with Crippen molar-refractivity contribution in [3.8, 4) is 0 Å². The SMILES string of the molecule is CC(C)C1=C2C3CCC4C(C)(CCC5C(C)(C)C(OC(=O)C6CC(C=O)C6C)CCC54C)C3CCC2(CCNC(=O)OC(C)(C)C)CC1=O. The Balaban J connectivity index is 1.21. The number of hydrogen-bond acceptors (Lipinski definition) is 6. The van der Waals surface area contributed by atoms with Crippen molar-refractivity contribution < 1.29 is 28.7 Å². The molecule has 0 aromatic heterocycles. The van der Waals surface area contributed by atoms with E-state index in [-0.39, 0.29) is 63.5 Å². The molecule has 7 nitrogen and oxygen atoms in total. The van der Waals surface area contributed by atoms with Crippen LogP contribution in [0.5, 0.6) is 0 Å². The zero-order chi connectivity index (χ0) is 35.9. The molecule has 1 amide bonds. The Hall–Kier alpha value is -2.18. The fourth-order valence-electron chi connectivity index (χ4n) is 13.2. The Morgan fingerprint density at radius 3 is 2.29 bits per heavy atom. The van der Waals surface area contributed by atoms with Gasteiger partial charge in [0.25, 0.3) is 0 Å². The molecule has 6 aliphatic carbocycles. The molecule has 0 spiro atoms. The van der Waals surface area contributed by atoms with Crippen LogP contribution in [-0.4, -0.2) is 42.4 Å². The number of rotatable bonds is 7. The van der Waals surface area contributed by atoms with Gasteiger partial charge in [-0.05, 0) is 137 Å². The van der Waals surface area contributed by atoms with E-state index in [1.165, 1.54) is 18.4 Å². The molecule has 6 aliphatic rings. The number of ether oxygens (including phenoxy) is 2. The van der Waals surface area contributed by atoms with Crippen LogP contribution in [0.4, 0.5) is 4.79 Å². The summed E-state index contributed by atoms with van der Waals surface area (Å²) in [6.45, 7) is 22.4. The van der Waals surface area contributed by atoms with Crippen LogP contribution in [0.2, 0.25) is 0 Å². The highest BCUT2D eigenvalue weighted by molar-refractivity contribution is 6.00. The lowest BCUT2D eigenvalue weighted by atomic mass is 9.36. The largest absolute Gasteiger partial charge is 0.462 e. The van der Waals surface area contributed by atoms with Crippen molar-refractivity contribution in [1.82, 2.24) is 5.32 Å². The summed E-state index contributed by atoms with van der Waals surface area (Å²) < 4.78 is 11.9. The number of carbonyl (C=O) groups excluding carboxylic acids is 4. The Morgan fingerprint density at radius 1 is 0.959 bits per heavy atom. The van der Waals surface area contributed by atoms with Crippen LogP contribution in [0.25, 0.3) is 0 Å². The quantitative estimate of drug-likeness (QED) is 0.213. The highest BCUT2D eigenvalue weighted by Crippen LogP contribution is 2.73. The summed E-state index contributed by atoms with van der Waals surface area (Å²) in [5.41, 5.74) is 2.09. The first kappa shape index (κ1) is 36.6. The molecule has 1 N–H and O–H groups in total. The highest BCUT2D eigenvalue weighted by atomic mass is 16.6. The van der Waals surface area contributed by atoms with Gasteiger partial charge in [0.15, 0.2) is 5.78 Å². The summed E-state index contributed by atoms with van der Waals surface area (Å²) in [4.78, 5) is 51.0. The van der Waals surface area contributed by atoms with Crippen LogP contribution in [0.3, 0.4) is 0 Å². The zero-order valence-corrected chi connectivity index (χ0v) is 32.2. The van der Waals surface area contributed by atoms with Gasteiger partial charge in [-0.25, -0.2) is 4.79 Å². The number of esters is 1. The summed E-state index contributed by atoms with van der Waals surface area (Å²) >= 11 is 0. The van der Waals surface area contributed by atoms with E-state index in [0.717, 1.165) is 56.8 Å². The first-order valence-electron chi connectivity index (χ1n) is 19.7. The second-order valence-corrected chi connectivity index (χ2v) is 19.8. The van der Waals surface area contributed by atoms with Gasteiger partial charge >= 0.3 is 12.1 Å². The first-order chi connectivity index (χ1) is 22.8. The number of nitrogens with one attached hydrogen (secondary N) is 1. The van der Waals surface area contributed by atoms with E-state index in [1.807, 2.05) is 27.7 Å². The van der Waals surface area contributed by atoms with Gasteiger partial charge < -0.3 is 19.6 Å². The lowest BCUT2D eigenvalue weighted by Crippen LogP contribution is -2.63. The minimum Gasteiger partial charge on any atom is -0.462 e. The van der Waals surface area contributed by atoms with Crippen LogP contribution in [0.15, 0.2) is 11.1 Å². The fourth-order valence-corrected chi connectivity index (χ4v) is 13.2. The normalized spacial score (nSPS) is 42.6. The topological polar surface area (TPSA) is 98.8 Å². The van der Waals surface area contributed by atoms with Crippen molar-refractivity contribution in [2.75, 3.05) is 6.54 Å². The first-order valence-corrected chi connectivity index (χ1v) is 19.7. The molecule has 274 valence electrons. The standard InChI is InChI=1S/C42H65NO6/c1-24(2)34-30(45)22-42(19-20-43-37(47)49-38(4,5)6)18-13-29-27(35(34)42)11-12-32-40(29,9)16-14-31-39(7,8)33(15-17-41(31,32)10)48-36(46)28-21-26(23-44)25(28)3/h23-29,31-33H,11-22H2,1-10H3,(H,43,47). The molecule has 7 heteroatoms. The monoisotopic (exact) mass is 679 g/mol. The molecule has 5 fully saturated rings. The van der Waals surface area contributed by atoms with E-state index >= 15 is 0 Å². The molecule has 6 rings (SSSR count). The van der Waals surface area contributed by atoms with E-state index in [0.29, 0.717) is 48.8 Å². The predicted molar refractivity (Wildman–Crippen MR) is 190 cm³/mol. The van der Waals surface area contributed by atoms with Crippen molar-refractivity contribution in [3.63, 3.8) is 0 Å². The smallest absolute Gasteiger partial charge is 0.407 e. The minimum absolute atomic E-state index is 0.0139. The predicted octanol–water partition coefficient (Wildman–Crippen LogP) is 8.87. The van der Waals surface area contributed by atoms with Crippen LogP contribution >= 0.6 is 0 Å². The molecule has 0 saturated heterocycles. The van der Waals surface area contributed by atoms with Gasteiger partial charge in [0, 0.05) is 29.7 Å². The molecule has 0 heterocycles. The average molecular weight is 680 g/mol. The van der Waals surface area contributed by atoms with Crippen LogP contribution in [-0.2, 0) is 23.9 Å².